The molecule has 8 heteroatoms. The molecular formula is C13H15ClN2O5. The number of carboxylic acids is 1. The standard InChI is InChI=1S/C13H15ClN2O5/c14-10-2-1-9(12(5-10)16(19)20)7-15-3-4-21-11(8-15)6-13(17)18/h1-2,5,11H,3-4,6-8H2,(H,17,18). The van der Waals surface area contributed by atoms with Gasteiger partial charge in [-0.2, -0.15) is 0 Å². The fourth-order valence-electron chi connectivity index (χ4n) is 2.32. The van der Waals surface area contributed by atoms with Gasteiger partial charge in [0.25, 0.3) is 5.69 Å². The predicted molar refractivity (Wildman–Crippen MR) is 75.4 cm³/mol. The third-order valence-electron chi connectivity index (χ3n) is 3.26. The molecule has 1 aromatic carbocycles. The van der Waals surface area contributed by atoms with Crippen LogP contribution in [0.2, 0.25) is 5.02 Å². The lowest BCUT2D eigenvalue weighted by Crippen LogP contribution is -2.42. The van der Waals surface area contributed by atoms with E-state index in [9.17, 15) is 14.9 Å². The van der Waals surface area contributed by atoms with Gasteiger partial charge in [0.1, 0.15) is 0 Å². The van der Waals surface area contributed by atoms with Gasteiger partial charge in [-0.05, 0) is 12.1 Å². The fraction of sp³-hybridized carbons (Fsp3) is 0.462. The monoisotopic (exact) mass is 314 g/mol. The van der Waals surface area contributed by atoms with Crippen molar-refractivity contribution < 1.29 is 19.6 Å². The Morgan fingerprint density at radius 3 is 3.00 bits per heavy atom. The molecule has 1 aromatic rings. The normalized spacial score (nSPS) is 19.4. The number of benzene rings is 1. The summed E-state index contributed by atoms with van der Waals surface area (Å²) < 4.78 is 5.38. The third kappa shape index (κ3) is 4.38. The second kappa shape index (κ2) is 6.84. The topological polar surface area (TPSA) is 92.9 Å². The first-order valence-electron chi connectivity index (χ1n) is 6.44. The van der Waals surface area contributed by atoms with Crippen molar-refractivity contribution in [1.82, 2.24) is 4.90 Å². The van der Waals surface area contributed by atoms with Crippen LogP contribution >= 0.6 is 11.6 Å². The maximum atomic E-state index is 11.1. The second-order valence-electron chi connectivity index (χ2n) is 4.86. The Morgan fingerprint density at radius 1 is 1.57 bits per heavy atom. The molecule has 1 fully saturated rings. The van der Waals surface area contributed by atoms with Gasteiger partial charge in [-0.1, -0.05) is 11.6 Å². The number of carbonyl (C=O) groups is 1. The summed E-state index contributed by atoms with van der Waals surface area (Å²) in [6.45, 7) is 1.83. The van der Waals surface area contributed by atoms with E-state index < -0.39 is 10.9 Å². The number of hydrogen-bond donors (Lipinski definition) is 1. The van der Waals surface area contributed by atoms with E-state index in [2.05, 4.69) is 0 Å². The first-order chi connectivity index (χ1) is 9.95. The number of halogens is 1. The average Bonchev–Trinajstić information content (AvgIpc) is 2.40. The first-order valence-corrected chi connectivity index (χ1v) is 6.82. The molecule has 0 saturated carbocycles. The smallest absolute Gasteiger partial charge is 0.306 e. The van der Waals surface area contributed by atoms with Gasteiger partial charge in [-0.3, -0.25) is 19.8 Å². The highest BCUT2D eigenvalue weighted by Gasteiger charge is 2.24. The Kier molecular flexibility index (Phi) is 5.11. The van der Waals surface area contributed by atoms with Crippen molar-refractivity contribution in [2.75, 3.05) is 19.7 Å². The van der Waals surface area contributed by atoms with Crippen molar-refractivity contribution >= 4 is 23.3 Å². The molecule has 1 aliphatic rings. The molecule has 0 aromatic heterocycles. The summed E-state index contributed by atoms with van der Waals surface area (Å²) in [6, 6.07) is 4.56. The van der Waals surface area contributed by atoms with Gasteiger partial charge in [0, 0.05) is 36.3 Å². The van der Waals surface area contributed by atoms with E-state index in [0.29, 0.717) is 36.8 Å². The summed E-state index contributed by atoms with van der Waals surface area (Å²) in [4.78, 5) is 23.3. The van der Waals surface area contributed by atoms with Crippen LogP contribution in [0, 0.1) is 10.1 Å². The highest BCUT2D eigenvalue weighted by atomic mass is 35.5. The molecular weight excluding hydrogens is 300 g/mol. The largest absolute Gasteiger partial charge is 0.481 e. The van der Waals surface area contributed by atoms with Crippen LogP contribution in [0.5, 0.6) is 0 Å². The van der Waals surface area contributed by atoms with Crippen LogP contribution < -0.4 is 0 Å². The molecule has 2 rings (SSSR count). The van der Waals surface area contributed by atoms with Crippen LogP contribution in [-0.4, -0.2) is 46.7 Å². The molecule has 7 nitrogen and oxygen atoms in total. The Hall–Kier alpha value is -1.70. The van der Waals surface area contributed by atoms with Crippen molar-refractivity contribution in [2.45, 2.75) is 19.1 Å². The van der Waals surface area contributed by atoms with E-state index in [-0.39, 0.29) is 18.2 Å². The van der Waals surface area contributed by atoms with Gasteiger partial charge in [0.05, 0.1) is 24.1 Å². The summed E-state index contributed by atoms with van der Waals surface area (Å²) in [5, 5.41) is 20.2. The maximum absolute atomic E-state index is 11.1. The van der Waals surface area contributed by atoms with Crippen LogP contribution in [0.3, 0.4) is 0 Å². The number of rotatable bonds is 5. The predicted octanol–water partition coefficient (Wildman–Crippen LogP) is 1.92. The van der Waals surface area contributed by atoms with Crippen molar-refractivity contribution in [2.24, 2.45) is 0 Å². The summed E-state index contributed by atoms with van der Waals surface area (Å²) in [5.74, 6) is -0.917. The van der Waals surface area contributed by atoms with Gasteiger partial charge in [-0.15, -0.1) is 0 Å². The molecule has 0 radical (unpaired) electrons. The lowest BCUT2D eigenvalue weighted by atomic mass is 10.1. The molecule has 0 bridgehead atoms. The Balaban J connectivity index is 2.07. The number of nitro groups is 1. The second-order valence-corrected chi connectivity index (χ2v) is 5.29. The van der Waals surface area contributed by atoms with Crippen molar-refractivity contribution in [3.63, 3.8) is 0 Å². The number of nitrogens with zero attached hydrogens (tertiary/aromatic N) is 2. The number of hydrogen-bond acceptors (Lipinski definition) is 5. The van der Waals surface area contributed by atoms with Gasteiger partial charge >= 0.3 is 5.97 Å². The summed E-state index contributed by atoms with van der Waals surface area (Å²) in [6.07, 6.45) is -0.457. The van der Waals surface area contributed by atoms with Crippen molar-refractivity contribution in [1.29, 1.82) is 0 Å². The zero-order chi connectivity index (χ0) is 15.4. The third-order valence-corrected chi connectivity index (χ3v) is 3.50. The van der Waals surface area contributed by atoms with E-state index in [1.807, 2.05) is 4.90 Å². The van der Waals surface area contributed by atoms with E-state index in [1.54, 1.807) is 12.1 Å². The lowest BCUT2D eigenvalue weighted by molar-refractivity contribution is -0.385. The van der Waals surface area contributed by atoms with E-state index in [4.69, 9.17) is 21.4 Å². The van der Waals surface area contributed by atoms with Crippen LogP contribution in [-0.2, 0) is 16.1 Å². The van der Waals surface area contributed by atoms with Gasteiger partial charge in [0.2, 0.25) is 0 Å². The molecule has 1 N–H and O–H groups in total. The summed E-state index contributed by atoms with van der Waals surface area (Å²) >= 11 is 5.78. The Morgan fingerprint density at radius 2 is 2.33 bits per heavy atom. The number of aliphatic carboxylic acids is 1. The minimum atomic E-state index is -0.917. The van der Waals surface area contributed by atoms with Gasteiger partial charge in [-0.25, -0.2) is 0 Å². The minimum Gasteiger partial charge on any atom is -0.481 e. The SMILES string of the molecule is O=C(O)CC1CN(Cc2ccc(Cl)cc2[N+](=O)[O-])CCO1. The molecule has 21 heavy (non-hydrogen) atoms. The Bertz CT molecular complexity index is 551. The van der Waals surface area contributed by atoms with Gasteiger partial charge < -0.3 is 9.84 Å². The highest BCUT2D eigenvalue weighted by Crippen LogP contribution is 2.25. The molecule has 1 aliphatic heterocycles. The highest BCUT2D eigenvalue weighted by molar-refractivity contribution is 6.30. The van der Waals surface area contributed by atoms with E-state index in [0.717, 1.165) is 0 Å². The molecule has 0 aliphatic carbocycles. The van der Waals surface area contributed by atoms with Crippen LogP contribution in [0.4, 0.5) is 5.69 Å². The van der Waals surface area contributed by atoms with Crippen LogP contribution in [0.25, 0.3) is 0 Å². The van der Waals surface area contributed by atoms with Crippen molar-refractivity contribution in [3.8, 4) is 0 Å². The molecule has 0 amide bonds. The van der Waals surface area contributed by atoms with Crippen molar-refractivity contribution in [3.05, 3.63) is 38.9 Å². The number of carboxylic acid groups (broad SMARTS) is 1. The fourth-order valence-corrected chi connectivity index (χ4v) is 2.49. The molecule has 1 atom stereocenters. The molecule has 1 saturated heterocycles. The first kappa shape index (κ1) is 15.7. The number of ether oxygens (including phenoxy) is 1. The Labute approximate surface area is 126 Å². The molecule has 1 unspecified atom stereocenters. The van der Waals surface area contributed by atoms with E-state index >= 15 is 0 Å². The summed E-state index contributed by atoms with van der Waals surface area (Å²) in [7, 11) is 0. The van der Waals surface area contributed by atoms with E-state index in [1.165, 1.54) is 6.07 Å². The van der Waals surface area contributed by atoms with Crippen LogP contribution in [0.15, 0.2) is 18.2 Å². The summed E-state index contributed by atoms with van der Waals surface area (Å²) in [5.41, 5.74) is 0.532. The molecule has 0 spiro atoms. The average molecular weight is 315 g/mol. The molecule has 1 heterocycles. The zero-order valence-electron chi connectivity index (χ0n) is 11.2. The maximum Gasteiger partial charge on any atom is 0.306 e. The quantitative estimate of drug-likeness (QED) is 0.659. The minimum absolute atomic E-state index is 0.0243. The van der Waals surface area contributed by atoms with Gasteiger partial charge in [0.15, 0.2) is 0 Å². The lowest BCUT2D eigenvalue weighted by Gasteiger charge is -2.32. The molecule has 114 valence electrons. The van der Waals surface area contributed by atoms with Crippen LogP contribution in [0.1, 0.15) is 12.0 Å². The number of morpholine rings is 1. The number of nitro benzene ring substituents is 1. The zero-order valence-corrected chi connectivity index (χ0v) is 12.0.